The topological polar surface area (TPSA) is 73.0 Å². The average molecular weight is 417 g/mol. The molecule has 0 radical (unpaired) electrons. The first-order valence-electron chi connectivity index (χ1n) is 11.0. The monoisotopic (exact) mass is 416 g/mol. The zero-order valence-electron chi connectivity index (χ0n) is 18.6. The van der Waals surface area contributed by atoms with Gasteiger partial charge in [-0.2, -0.15) is 0 Å². The molecule has 7 heteroatoms. The zero-order chi connectivity index (χ0) is 21.9. The van der Waals surface area contributed by atoms with Gasteiger partial charge in [-0.1, -0.05) is 43.7 Å². The molecule has 0 aromatic heterocycles. The Morgan fingerprint density at radius 2 is 1.73 bits per heavy atom. The number of nitrogens with zero attached hydrogens (tertiary/aromatic N) is 3. The highest BCUT2D eigenvalue weighted by Gasteiger charge is 2.28. The van der Waals surface area contributed by atoms with Crippen molar-refractivity contribution in [1.82, 2.24) is 20.0 Å². The van der Waals surface area contributed by atoms with Crippen LogP contribution in [0.4, 0.5) is 4.79 Å². The van der Waals surface area contributed by atoms with Crippen molar-refractivity contribution in [2.24, 2.45) is 5.92 Å². The minimum Gasteiger partial charge on any atom is -0.346 e. The Kier molecular flexibility index (Phi) is 9.64. The van der Waals surface area contributed by atoms with Crippen LogP contribution in [0.5, 0.6) is 0 Å². The molecule has 30 heavy (non-hydrogen) atoms. The number of amides is 4. The van der Waals surface area contributed by atoms with Crippen LogP contribution in [0.25, 0.3) is 0 Å². The number of hydrogen-bond donors (Lipinski definition) is 1. The van der Waals surface area contributed by atoms with Gasteiger partial charge in [0.2, 0.25) is 11.8 Å². The Hall–Kier alpha value is -2.57. The molecule has 1 heterocycles. The molecule has 1 N–H and O–H groups in total. The lowest BCUT2D eigenvalue weighted by Crippen LogP contribution is -2.44. The van der Waals surface area contributed by atoms with E-state index >= 15 is 0 Å². The van der Waals surface area contributed by atoms with Gasteiger partial charge in [0.05, 0.1) is 0 Å². The van der Waals surface area contributed by atoms with Gasteiger partial charge in [-0.25, -0.2) is 4.79 Å². The Balaban J connectivity index is 1.66. The number of piperidine rings is 1. The molecule has 1 aromatic carbocycles. The zero-order valence-corrected chi connectivity index (χ0v) is 18.6. The average Bonchev–Trinajstić information content (AvgIpc) is 2.77. The molecule has 1 aliphatic heterocycles. The molecule has 4 amide bonds. The third-order valence-corrected chi connectivity index (χ3v) is 5.64. The first-order chi connectivity index (χ1) is 14.4. The van der Waals surface area contributed by atoms with Crippen molar-refractivity contribution in [3.63, 3.8) is 0 Å². The first-order valence-corrected chi connectivity index (χ1v) is 11.0. The van der Waals surface area contributed by atoms with Crippen LogP contribution in [0.15, 0.2) is 30.3 Å². The van der Waals surface area contributed by atoms with E-state index in [9.17, 15) is 14.4 Å². The van der Waals surface area contributed by atoms with Crippen LogP contribution >= 0.6 is 0 Å². The lowest BCUT2D eigenvalue weighted by Gasteiger charge is -2.33. The second-order valence-electron chi connectivity index (χ2n) is 8.09. The Morgan fingerprint density at radius 3 is 2.37 bits per heavy atom. The maximum atomic E-state index is 12.5. The van der Waals surface area contributed by atoms with E-state index in [1.165, 1.54) is 0 Å². The van der Waals surface area contributed by atoms with Gasteiger partial charge in [0.1, 0.15) is 0 Å². The molecule has 1 aromatic rings. The van der Waals surface area contributed by atoms with Gasteiger partial charge in [0.25, 0.3) is 0 Å². The fourth-order valence-electron chi connectivity index (χ4n) is 3.69. The van der Waals surface area contributed by atoms with Crippen LogP contribution in [0, 0.1) is 5.92 Å². The molecule has 1 saturated heterocycles. The minimum atomic E-state index is -0.189. The van der Waals surface area contributed by atoms with Gasteiger partial charge in [0.15, 0.2) is 0 Å². The fraction of sp³-hybridized carbons (Fsp3) is 0.609. The van der Waals surface area contributed by atoms with Crippen LogP contribution in [-0.4, -0.2) is 72.8 Å². The number of hydrogen-bond acceptors (Lipinski definition) is 3. The van der Waals surface area contributed by atoms with Crippen LogP contribution in [0.1, 0.15) is 44.6 Å². The van der Waals surface area contributed by atoms with E-state index in [2.05, 4.69) is 12.2 Å². The van der Waals surface area contributed by atoms with E-state index in [1.54, 1.807) is 11.9 Å². The van der Waals surface area contributed by atoms with Crippen molar-refractivity contribution < 1.29 is 14.4 Å². The van der Waals surface area contributed by atoms with Crippen molar-refractivity contribution in [3.8, 4) is 0 Å². The molecule has 1 fully saturated rings. The summed E-state index contributed by atoms with van der Waals surface area (Å²) in [7, 11) is 3.61. The molecular formula is C23H36N4O3. The standard InChI is InChI=1S/C23H36N4O3/c1-4-5-15-25(2)22(29)20-12-16-27(17-13-20)21(28)11-14-24-23(30)26(3)18-19-9-7-6-8-10-19/h6-10,20H,4-5,11-18H2,1-3H3,(H,24,30). The van der Waals surface area contributed by atoms with Gasteiger partial charge in [-0.3, -0.25) is 9.59 Å². The van der Waals surface area contributed by atoms with E-state index in [0.717, 1.165) is 24.9 Å². The van der Waals surface area contributed by atoms with Gasteiger partial charge in [0, 0.05) is 59.2 Å². The van der Waals surface area contributed by atoms with Crippen LogP contribution < -0.4 is 5.32 Å². The predicted molar refractivity (Wildman–Crippen MR) is 118 cm³/mol. The number of urea groups is 1. The Bertz CT molecular complexity index is 687. The van der Waals surface area contributed by atoms with Crippen LogP contribution in [-0.2, 0) is 16.1 Å². The molecule has 0 atom stereocenters. The van der Waals surface area contributed by atoms with E-state index in [4.69, 9.17) is 0 Å². The molecule has 0 aliphatic carbocycles. The molecule has 7 nitrogen and oxygen atoms in total. The Labute approximate surface area is 180 Å². The first kappa shape index (κ1) is 23.7. The van der Waals surface area contributed by atoms with E-state index in [-0.39, 0.29) is 30.2 Å². The number of benzene rings is 1. The predicted octanol–water partition coefficient (Wildman–Crippen LogP) is 2.72. The van der Waals surface area contributed by atoms with Crippen molar-refractivity contribution in [3.05, 3.63) is 35.9 Å². The normalized spacial score (nSPS) is 14.3. The summed E-state index contributed by atoms with van der Waals surface area (Å²) in [5.74, 6) is 0.248. The summed E-state index contributed by atoms with van der Waals surface area (Å²) in [5.41, 5.74) is 1.06. The Morgan fingerprint density at radius 1 is 1.07 bits per heavy atom. The lowest BCUT2D eigenvalue weighted by atomic mass is 9.95. The van der Waals surface area contributed by atoms with Gasteiger partial charge < -0.3 is 20.0 Å². The molecule has 0 bridgehead atoms. The number of nitrogens with one attached hydrogen (secondary N) is 1. The van der Waals surface area contributed by atoms with Gasteiger partial charge in [-0.05, 0) is 24.8 Å². The van der Waals surface area contributed by atoms with E-state index in [0.29, 0.717) is 39.0 Å². The highest BCUT2D eigenvalue weighted by atomic mass is 16.2. The molecular weight excluding hydrogens is 380 g/mol. The highest BCUT2D eigenvalue weighted by molar-refractivity contribution is 5.80. The van der Waals surface area contributed by atoms with Gasteiger partial charge >= 0.3 is 6.03 Å². The molecule has 0 spiro atoms. The number of carbonyl (C=O) groups is 3. The highest BCUT2D eigenvalue weighted by Crippen LogP contribution is 2.20. The van der Waals surface area contributed by atoms with Crippen molar-refractivity contribution in [2.45, 2.75) is 45.6 Å². The molecule has 166 valence electrons. The number of carbonyl (C=O) groups excluding carboxylic acids is 3. The summed E-state index contributed by atoms with van der Waals surface area (Å²) in [4.78, 5) is 42.4. The van der Waals surface area contributed by atoms with Gasteiger partial charge in [-0.15, -0.1) is 0 Å². The summed E-state index contributed by atoms with van der Waals surface area (Å²) in [6.45, 7) is 4.97. The van der Waals surface area contributed by atoms with E-state index in [1.807, 2.05) is 47.2 Å². The summed E-state index contributed by atoms with van der Waals surface area (Å²) in [5, 5.41) is 2.81. The third-order valence-electron chi connectivity index (χ3n) is 5.64. The van der Waals surface area contributed by atoms with Crippen LogP contribution in [0.2, 0.25) is 0 Å². The number of unbranched alkanes of at least 4 members (excludes halogenated alkanes) is 1. The SMILES string of the molecule is CCCCN(C)C(=O)C1CCN(C(=O)CCNC(=O)N(C)Cc2ccccc2)CC1. The molecule has 1 aliphatic rings. The van der Waals surface area contributed by atoms with Crippen LogP contribution in [0.3, 0.4) is 0 Å². The number of likely N-dealkylation sites (tertiary alicyclic amines) is 1. The number of rotatable bonds is 9. The quantitative estimate of drug-likeness (QED) is 0.673. The summed E-state index contributed by atoms with van der Waals surface area (Å²) < 4.78 is 0. The third kappa shape index (κ3) is 7.35. The van der Waals surface area contributed by atoms with Crippen molar-refractivity contribution >= 4 is 17.8 Å². The largest absolute Gasteiger partial charge is 0.346 e. The van der Waals surface area contributed by atoms with E-state index < -0.39 is 0 Å². The molecule has 0 saturated carbocycles. The molecule has 0 unspecified atom stereocenters. The summed E-state index contributed by atoms with van der Waals surface area (Å²) in [6.07, 6.45) is 3.80. The maximum absolute atomic E-state index is 12.5. The maximum Gasteiger partial charge on any atom is 0.317 e. The summed E-state index contributed by atoms with van der Waals surface area (Å²) in [6, 6.07) is 9.59. The second kappa shape index (κ2) is 12.2. The smallest absolute Gasteiger partial charge is 0.317 e. The fourth-order valence-corrected chi connectivity index (χ4v) is 3.69. The summed E-state index contributed by atoms with van der Waals surface area (Å²) >= 11 is 0. The van der Waals surface area contributed by atoms with Crippen molar-refractivity contribution in [1.29, 1.82) is 0 Å². The molecule has 2 rings (SSSR count). The lowest BCUT2D eigenvalue weighted by molar-refractivity contribution is -0.139. The minimum absolute atomic E-state index is 0.0160. The second-order valence-corrected chi connectivity index (χ2v) is 8.09. The van der Waals surface area contributed by atoms with Crippen molar-refractivity contribution in [2.75, 3.05) is 40.3 Å².